The van der Waals surface area contributed by atoms with E-state index in [1.54, 1.807) is 30.3 Å². The number of hydrogen-bond donors (Lipinski definition) is 0. The van der Waals surface area contributed by atoms with Gasteiger partial charge < -0.3 is 0 Å². The van der Waals surface area contributed by atoms with Gasteiger partial charge in [-0.3, -0.25) is 14.2 Å². The molecule has 0 spiro atoms. The van der Waals surface area contributed by atoms with Crippen molar-refractivity contribution in [2.75, 3.05) is 6.26 Å². The SMILES string of the molecule is CCCC(=O)c1c(-c2ccccc2)c2cc(Cl)ccc2c(=O)n1Cc1cc(S(C)(=O)=O)n(CC(F)F)n1. The number of pyridine rings is 1. The van der Waals surface area contributed by atoms with E-state index in [9.17, 15) is 26.8 Å². The van der Waals surface area contributed by atoms with E-state index < -0.39 is 33.4 Å². The molecular formula is C26H24ClF2N3O4S. The van der Waals surface area contributed by atoms with Gasteiger partial charge in [-0.25, -0.2) is 21.9 Å². The summed E-state index contributed by atoms with van der Waals surface area (Å²) < 4.78 is 52.7. The standard InChI is InChI=1S/C26H24ClF2N3O4S/c1-3-7-21(33)25-24(16-8-5-4-6-9-16)20-12-17(27)10-11-19(20)26(34)31(25)14-18-13-23(37(2,35)36)32(30-18)15-22(28)29/h4-6,8-13,22H,3,7,14-15H2,1-2H3. The number of rotatable bonds is 9. The van der Waals surface area contributed by atoms with Gasteiger partial charge in [0.1, 0.15) is 6.54 Å². The second kappa shape index (κ2) is 10.5. The molecule has 0 atom stereocenters. The number of nitrogens with zero attached hydrogens (tertiary/aromatic N) is 3. The summed E-state index contributed by atoms with van der Waals surface area (Å²) in [5.41, 5.74) is 0.864. The van der Waals surface area contributed by atoms with Crippen LogP contribution >= 0.6 is 11.6 Å². The van der Waals surface area contributed by atoms with Gasteiger partial charge in [0.15, 0.2) is 20.6 Å². The van der Waals surface area contributed by atoms with E-state index in [2.05, 4.69) is 5.10 Å². The van der Waals surface area contributed by atoms with E-state index in [0.29, 0.717) is 38.0 Å². The first-order chi connectivity index (χ1) is 17.5. The molecule has 0 aliphatic carbocycles. The first kappa shape index (κ1) is 26.7. The lowest BCUT2D eigenvalue weighted by molar-refractivity contribution is 0.0972. The Labute approximate surface area is 217 Å². The molecule has 0 saturated heterocycles. The molecule has 0 amide bonds. The van der Waals surface area contributed by atoms with E-state index in [1.165, 1.54) is 4.57 Å². The zero-order valence-corrected chi connectivity index (χ0v) is 21.7. The first-order valence-electron chi connectivity index (χ1n) is 11.5. The number of halogens is 3. The average Bonchev–Trinajstić information content (AvgIpc) is 3.23. The Morgan fingerprint density at radius 1 is 1.08 bits per heavy atom. The highest BCUT2D eigenvalue weighted by Crippen LogP contribution is 2.33. The summed E-state index contributed by atoms with van der Waals surface area (Å²) in [5.74, 6) is -0.296. The van der Waals surface area contributed by atoms with Crippen molar-refractivity contribution in [1.29, 1.82) is 0 Å². The van der Waals surface area contributed by atoms with Gasteiger partial charge in [-0.05, 0) is 35.6 Å². The molecule has 11 heteroatoms. The molecule has 7 nitrogen and oxygen atoms in total. The van der Waals surface area contributed by atoms with Crippen LogP contribution in [0.25, 0.3) is 21.9 Å². The maximum Gasteiger partial charge on any atom is 0.259 e. The highest BCUT2D eigenvalue weighted by Gasteiger charge is 2.25. The van der Waals surface area contributed by atoms with Crippen molar-refractivity contribution < 1.29 is 22.0 Å². The van der Waals surface area contributed by atoms with Crippen LogP contribution in [0.4, 0.5) is 8.78 Å². The maximum atomic E-state index is 13.7. The van der Waals surface area contributed by atoms with Gasteiger partial charge in [0, 0.05) is 34.7 Å². The molecule has 2 aromatic heterocycles. The monoisotopic (exact) mass is 547 g/mol. The quantitative estimate of drug-likeness (QED) is 0.268. The summed E-state index contributed by atoms with van der Waals surface area (Å²) in [6.45, 7) is 0.621. The van der Waals surface area contributed by atoms with Crippen molar-refractivity contribution in [2.45, 2.75) is 44.3 Å². The maximum absolute atomic E-state index is 13.7. The summed E-state index contributed by atoms with van der Waals surface area (Å²) in [7, 11) is -3.89. The number of sulfone groups is 1. The molecule has 4 rings (SSSR count). The fourth-order valence-corrected chi connectivity index (χ4v) is 5.37. The lowest BCUT2D eigenvalue weighted by atomic mass is 9.94. The minimum absolute atomic E-state index is 0.0565. The van der Waals surface area contributed by atoms with E-state index in [-0.39, 0.29) is 30.1 Å². The molecule has 0 radical (unpaired) electrons. The largest absolute Gasteiger partial charge is 0.298 e. The Kier molecular flexibility index (Phi) is 7.61. The smallest absolute Gasteiger partial charge is 0.259 e. The van der Waals surface area contributed by atoms with Crippen LogP contribution in [-0.2, 0) is 22.9 Å². The first-order valence-corrected chi connectivity index (χ1v) is 13.8. The second-order valence-electron chi connectivity index (χ2n) is 8.66. The molecule has 0 fully saturated rings. The topological polar surface area (TPSA) is 91.0 Å². The summed E-state index contributed by atoms with van der Waals surface area (Å²) in [5, 5.41) is 4.85. The van der Waals surface area contributed by atoms with Crippen LogP contribution in [0, 0.1) is 0 Å². The second-order valence-corrected chi connectivity index (χ2v) is 11.1. The van der Waals surface area contributed by atoms with Crippen LogP contribution in [0.3, 0.4) is 0 Å². The average molecular weight is 548 g/mol. The van der Waals surface area contributed by atoms with Crippen LogP contribution in [0.5, 0.6) is 0 Å². The van der Waals surface area contributed by atoms with Crippen LogP contribution in [0.15, 0.2) is 64.4 Å². The number of benzene rings is 2. The number of carbonyl (C=O) groups is 1. The highest BCUT2D eigenvalue weighted by molar-refractivity contribution is 7.90. The predicted molar refractivity (Wildman–Crippen MR) is 138 cm³/mol. The van der Waals surface area contributed by atoms with E-state index in [1.807, 2.05) is 25.1 Å². The molecule has 37 heavy (non-hydrogen) atoms. The summed E-state index contributed by atoms with van der Waals surface area (Å²) in [6.07, 6.45) is -1.27. The third-order valence-electron chi connectivity index (χ3n) is 5.84. The van der Waals surface area contributed by atoms with Crippen molar-refractivity contribution >= 4 is 38.0 Å². The third kappa shape index (κ3) is 5.50. The Morgan fingerprint density at radius 3 is 2.41 bits per heavy atom. The van der Waals surface area contributed by atoms with Crippen molar-refractivity contribution in [2.24, 2.45) is 0 Å². The van der Waals surface area contributed by atoms with Crippen LogP contribution < -0.4 is 5.56 Å². The zero-order valence-electron chi connectivity index (χ0n) is 20.1. The lowest BCUT2D eigenvalue weighted by Gasteiger charge is -2.19. The molecule has 0 N–H and O–H groups in total. The fraction of sp³-hybridized carbons (Fsp3) is 0.269. The Hall–Kier alpha value is -3.37. The molecule has 2 heterocycles. The number of fused-ring (bicyclic) bond motifs is 1. The molecule has 0 bridgehead atoms. The molecule has 4 aromatic rings. The number of ketones is 1. The highest BCUT2D eigenvalue weighted by atomic mass is 35.5. The predicted octanol–water partition coefficient (Wildman–Crippen LogP) is 5.22. The van der Waals surface area contributed by atoms with Crippen molar-refractivity contribution in [3.05, 3.63) is 81.4 Å². The molecule has 194 valence electrons. The Balaban J connectivity index is 2.05. The molecule has 0 aliphatic rings. The van der Waals surface area contributed by atoms with Gasteiger partial charge >= 0.3 is 0 Å². The van der Waals surface area contributed by atoms with Gasteiger partial charge in [0.05, 0.1) is 17.9 Å². The van der Waals surface area contributed by atoms with Gasteiger partial charge in [0.25, 0.3) is 12.0 Å². The number of alkyl halides is 2. The van der Waals surface area contributed by atoms with Crippen LogP contribution in [0.2, 0.25) is 5.02 Å². The molecule has 2 aromatic carbocycles. The number of Topliss-reactive ketones (excluding diaryl/α,β-unsaturated/α-hetero) is 1. The molecule has 0 saturated carbocycles. The lowest BCUT2D eigenvalue weighted by Crippen LogP contribution is -2.28. The number of hydrogen-bond acceptors (Lipinski definition) is 5. The Bertz CT molecular complexity index is 1650. The normalized spacial score (nSPS) is 11.9. The van der Waals surface area contributed by atoms with Crippen LogP contribution in [0.1, 0.15) is 35.9 Å². The third-order valence-corrected chi connectivity index (χ3v) is 7.16. The van der Waals surface area contributed by atoms with Gasteiger partial charge in [-0.2, -0.15) is 5.10 Å². The fourth-order valence-electron chi connectivity index (χ4n) is 4.35. The summed E-state index contributed by atoms with van der Waals surface area (Å²) in [6, 6.07) is 15.0. The van der Waals surface area contributed by atoms with Crippen LogP contribution in [-0.4, -0.2) is 41.2 Å². The van der Waals surface area contributed by atoms with E-state index in [0.717, 1.165) is 12.3 Å². The number of carbonyl (C=O) groups excluding carboxylic acids is 1. The van der Waals surface area contributed by atoms with Gasteiger partial charge in [-0.15, -0.1) is 0 Å². The summed E-state index contributed by atoms with van der Waals surface area (Å²) >= 11 is 6.27. The minimum atomic E-state index is -3.89. The van der Waals surface area contributed by atoms with Crippen molar-refractivity contribution in [1.82, 2.24) is 14.3 Å². The Morgan fingerprint density at radius 2 is 1.78 bits per heavy atom. The van der Waals surface area contributed by atoms with E-state index >= 15 is 0 Å². The van der Waals surface area contributed by atoms with Crippen molar-refractivity contribution in [3.63, 3.8) is 0 Å². The molecular weight excluding hydrogens is 524 g/mol. The summed E-state index contributed by atoms with van der Waals surface area (Å²) in [4.78, 5) is 27.2. The molecule has 0 aliphatic heterocycles. The van der Waals surface area contributed by atoms with Gasteiger partial charge in [0.2, 0.25) is 0 Å². The number of aromatic nitrogens is 3. The van der Waals surface area contributed by atoms with Gasteiger partial charge in [-0.1, -0.05) is 48.9 Å². The molecule has 0 unspecified atom stereocenters. The van der Waals surface area contributed by atoms with E-state index in [4.69, 9.17) is 11.6 Å². The van der Waals surface area contributed by atoms with Crippen molar-refractivity contribution in [3.8, 4) is 11.1 Å². The minimum Gasteiger partial charge on any atom is -0.298 e. The zero-order chi connectivity index (χ0) is 26.9.